The minimum absolute atomic E-state index is 0.156. The summed E-state index contributed by atoms with van der Waals surface area (Å²) in [5.41, 5.74) is 0.497. The Morgan fingerprint density at radius 2 is 2.06 bits per heavy atom. The standard InChI is InChI=1S/C19H25N3O9S/c1-12(17(24)21-7-3-6-15(21)18(25)26)11-32-16(23)9-20-19(27)31-14-5-2-4-13(8-14)10-30-22(28)29/h2,4-5,8,12,15,28-29H,3,6-7,9-11H2,1H3,(H,20,27)(H,25,26)/t12-,15+/m1/s1. The molecule has 4 N–H and O–H groups in total. The third-order valence-electron chi connectivity index (χ3n) is 4.57. The van der Waals surface area contributed by atoms with Crippen molar-refractivity contribution in [1.29, 1.82) is 0 Å². The molecule has 2 atom stereocenters. The molecule has 12 nitrogen and oxygen atoms in total. The summed E-state index contributed by atoms with van der Waals surface area (Å²) in [6, 6.07) is 5.28. The lowest BCUT2D eigenvalue weighted by Gasteiger charge is -2.24. The number of ether oxygens (including phenoxy) is 1. The fraction of sp³-hybridized carbons (Fsp3) is 0.474. The highest BCUT2D eigenvalue weighted by Crippen LogP contribution is 2.22. The van der Waals surface area contributed by atoms with Crippen LogP contribution in [-0.2, 0) is 25.8 Å². The summed E-state index contributed by atoms with van der Waals surface area (Å²) >= 11 is 0.869. The van der Waals surface area contributed by atoms with E-state index in [1.54, 1.807) is 19.1 Å². The Labute approximate surface area is 187 Å². The SMILES string of the molecule is C[C@H](CSC(=O)CNC(=O)Oc1cccc(CON(O)O)c1)C(=O)N1CCC[C@H]1C(=O)O. The molecule has 1 saturated heterocycles. The lowest BCUT2D eigenvalue weighted by atomic mass is 10.1. The summed E-state index contributed by atoms with van der Waals surface area (Å²) in [5.74, 6) is -1.57. The van der Waals surface area contributed by atoms with E-state index in [2.05, 4.69) is 10.2 Å². The van der Waals surface area contributed by atoms with Gasteiger partial charge in [-0.05, 0) is 30.5 Å². The first-order valence-corrected chi connectivity index (χ1v) is 10.7. The minimum Gasteiger partial charge on any atom is -0.480 e. The Hall–Kier alpha value is -2.71. The van der Waals surface area contributed by atoms with Crippen molar-refractivity contribution in [2.45, 2.75) is 32.4 Å². The number of carboxylic acid groups (broad SMARTS) is 1. The van der Waals surface area contributed by atoms with Gasteiger partial charge in [-0.3, -0.25) is 20.0 Å². The number of rotatable bonds is 10. The fourth-order valence-electron chi connectivity index (χ4n) is 3.03. The molecule has 2 amide bonds. The van der Waals surface area contributed by atoms with Crippen LogP contribution in [0.5, 0.6) is 5.75 Å². The van der Waals surface area contributed by atoms with Crippen LogP contribution in [0.2, 0.25) is 0 Å². The number of carboxylic acids is 1. The van der Waals surface area contributed by atoms with E-state index in [9.17, 15) is 24.3 Å². The number of nitrogens with zero attached hydrogens (tertiary/aromatic N) is 2. The smallest absolute Gasteiger partial charge is 0.413 e. The van der Waals surface area contributed by atoms with Gasteiger partial charge in [-0.1, -0.05) is 30.8 Å². The van der Waals surface area contributed by atoms with E-state index >= 15 is 0 Å². The summed E-state index contributed by atoms with van der Waals surface area (Å²) in [6.07, 6.45) is 0.182. The third-order valence-corrected chi connectivity index (χ3v) is 5.70. The highest BCUT2D eigenvalue weighted by molar-refractivity contribution is 8.13. The van der Waals surface area contributed by atoms with E-state index in [0.717, 1.165) is 11.8 Å². The number of aliphatic carboxylic acids is 1. The van der Waals surface area contributed by atoms with Crippen molar-refractivity contribution in [3.05, 3.63) is 29.8 Å². The molecule has 0 aliphatic carbocycles. The molecule has 1 aromatic rings. The monoisotopic (exact) mass is 471 g/mol. The topological polar surface area (TPSA) is 166 Å². The second-order valence-corrected chi connectivity index (χ2v) is 8.11. The van der Waals surface area contributed by atoms with Crippen molar-refractivity contribution in [3.8, 4) is 5.75 Å². The molecule has 176 valence electrons. The molecular formula is C19H25N3O9S. The number of amides is 2. The van der Waals surface area contributed by atoms with E-state index in [1.807, 2.05) is 0 Å². The molecule has 2 rings (SSSR count). The Morgan fingerprint density at radius 1 is 1.31 bits per heavy atom. The van der Waals surface area contributed by atoms with Crippen molar-refractivity contribution in [3.63, 3.8) is 0 Å². The number of carbonyl (C=O) groups excluding carboxylic acids is 3. The first-order chi connectivity index (χ1) is 15.2. The number of likely N-dealkylation sites (tertiary alicyclic amines) is 1. The zero-order chi connectivity index (χ0) is 23.7. The van der Waals surface area contributed by atoms with Crippen molar-refractivity contribution < 1.29 is 44.3 Å². The molecule has 0 bridgehead atoms. The molecule has 0 saturated carbocycles. The van der Waals surface area contributed by atoms with Crippen LogP contribution < -0.4 is 10.1 Å². The van der Waals surface area contributed by atoms with Crippen LogP contribution in [0.4, 0.5) is 4.79 Å². The van der Waals surface area contributed by atoms with Crippen molar-refractivity contribution in [2.24, 2.45) is 5.92 Å². The molecule has 1 aliphatic heterocycles. The predicted octanol–water partition coefficient (Wildman–Crippen LogP) is 1.26. The lowest BCUT2D eigenvalue weighted by molar-refractivity contribution is -0.497. The molecule has 1 fully saturated rings. The van der Waals surface area contributed by atoms with Crippen molar-refractivity contribution in [1.82, 2.24) is 15.6 Å². The zero-order valence-electron chi connectivity index (χ0n) is 17.3. The third kappa shape index (κ3) is 8.09. The van der Waals surface area contributed by atoms with Crippen LogP contribution in [0.25, 0.3) is 0 Å². The summed E-state index contributed by atoms with van der Waals surface area (Å²) in [7, 11) is 0. The van der Waals surface area contributed by atoms with Gasteiger partial charge in [-0.25, -0.2) is 14.4 Å². The van der Waals surface area contributed by atoms with Crippen LogP contribution in [0.1, 0.15) is 25.3 Å². The van der Waals surface area contributed by atoms with Crippen molar-refractivity contribution >= 4 is 34.8 Å². The molecule has 0 radical (unpaired) electrons. The number of hydrogen-bond acceptors (Lipinski definition) is 10. The van der Waals surface area contributed by atoms with E-state index in [0.29, 0.717) is 24.9 Å². The first kappa shape index (κ1) is 25.5. The van der Waals surface area contributed by atoms with Gasteiger partial charge in [0, 0.05) is 18.2 Å². The molecule has 0 spiro atoms. The van der Waals surface area contributed by atoms with Gasteiger partial charge in [0.2, 0.25) is 11.0 Å². The number of nitrogens with one attached hydrogen (secondary N) is 1. The number of thioether (sulfide) groups is 1. The molecule has 32 heavy (non-hydrogen) atoms. The first-order valence-electron chi connectivity index (χ1n) is 9.71. The maximum absolute atomic E-state index is 12.5. The Balaban J connectivity index is 1.72. The van der Waals surface area contributed by atoms with Gasteiger partial charge in [0.25, 0.3) is 0 Å². The molecule has 0 aromatic heterocycles. The Kier molecular flexibility index (Phi) is 9.87. The second kappa shape index (κ2) is 12.4. The van der Waals surface area contributed by atoms with Crippen LogP contribution in [0, 0.1) is 5.92 Å². The number of benzene rings is 1. The molecule has 0 unspecified atom stereocenters. The van der Waals surface area contributed by atoms with Crippen LogP contribution in [0.15, 0.2) is 24.3 Å². The normalized spacial score (nSPS) is 16.6. The average Bonchev–Trinajstić information content (AvgIpc) is 3.24. The molecular weight excluding hydrogens is 446 g/mol. The van der Waals surface area contributed by atoms with Gasteiger partial charge in [0.1, 0.15) is 11.8 Å². The van der Waals surface area contributed by atoms with Gasteiger partial charge in [-0.2, -0.15) is 0 Å². The van der Waals surface area contributed by atoms with Gasteiger partial charge in [-0.15, -0.1) is 0 Å². The Bertz CT molecular complexity index is 836. The second-order valence-electron chi connectivity index (χ2n) is 7.03. The number of hydrogen-bond donors (Lipinski definition) is 4. The van der Waals surface area contributed by atoms with E-state index in [1.165, 1.54) is 17.0 Å². The van der Waals surface area contributed by atoms with E-state index in [4.69, 9.17) is 15.2 Å². The van der Waals surface area contributed by atoms with Crippen LogP contribution >= 0.6 is 11.8 Å². The predicted molar refractivity (Wildman–Crippen MR) is 110 cm³/mol. The fourth-order valence-corrected chi connectivity index (χ4v) is 3.78. The van der Waals surface area contributed by atoms with E-state index in [-0.39, 0.29) is 35.7 Å². The highest BCUT2D eigenvalue weighted by Gasteiger charge is 2.35. The largest absolute Gasteiger partial charge is 0.480 e. The Morgan fingerprint density at radius 3 is 2.75 bits per heavy atom. The quantitative estimate of drug-likeness (QED) is 0.363. The maximum Gasteiger partial charge on any atom is 0.413 e. The summed E-state index contributed by atoms with van der Waals surface area (Å²) in [6.45, 7) is 1.52. The van der Waals surface area contributed by atoms with Gasteiger partial charge in [0.15, 0.2) is 0 Å². The number of carbonyl (C=O) groups is 4. The molecule has 1 aliphatic rings. The zero-order valence-corrected chi connectivity index (χ0v) is 18.1. The van der Waals surface area contributed by atoms with Crippen molar-refractivity contribution in [2.75, 3.05) is 18.8 Å². The molecule has 1 aromatic carbocycles. The lowest BCUT2D eigenvalue weighted by Crippen LogP contribution is -2.43. The summed E-state index contributed by atoms with van der Waals surface area (Å²) in [4.78, 5) is 53.4. The van der Waals surface area contributed by atoms with Gasteiger partial charge in [0.05, 0.1) is 18.5 Å². The van der Waals surface area contributed by atoms with Crippen LogP contribution in [0.3, 0.4) is 0 Å². The van der Waals surface area contributed by atoms with Crippen LogP contribution in [-0.4, -0.2) is 73.8 Å². The maximum atomic E-state index is 12.5. The van der Waals surface area contributed by atoms with E-state index < -0.39 is 29.4 Å². The average molecular weight is 471 g/mol. The minimum atomic E-state index is -1.03. The molecule has 1 heterocycles. The summed E-state index contributed by atoms with van der Waals surface area (Å²) < 4.78 is 5.06. The summed E-state index contributed by atoms with van der Waals surface area (Å²) in [5, 5.41) is 27.8. The van der Waals surface area contributed by atoms with Gasteiger partial charge >= 0.3 is 12.1 Å². The van der Waals surface area contributed by atoms with Gasteiger partial charge < -0.3 is 20.1 Å². The molecule has 13 heteroatoms. The highest BCUT2D eigenvalue weighted by atomic mass is 32.2.